The van der Waals surface area contributed by atoms with Crippen molar-refractivity contribution < 1.29 is 9.90 Å². The van der Waals surface area contributed by atoms with Crippen molar-refractivity contribution in [3.8, 4) is 0 Å². The summed E-state index contributed by atoms with van der Waals surface area (Å²) in [6.45, 7) is 0. The third-order valence-electron chi connectivity index (χ3n) is 1.49. The van der Waals surface area contributed by atoms with E-state index < -0.39 is 6.09 Å². The number of anilines is 2. The van der Waals surface area contributed by atoms with Crippen LogP contribution in [0.3, 0.4) is 0 Å². The van der Waals surface area contributed by atoms with Gasteiger partial charge in [0, 0.05) is 7.05 Å². The number of carbonyl (C=O) groups is 1. The number of nitrogens with two attached hydrogens (primary N) is 1. The highest BCUT2D eigenvalue weighted by molar-refractivity contribution is 6.32. The van der Waals surface area contributed by atoms with Crippen LogP contribution in [-0.2, 0) is 0 Å². The smallest absolute Gasteiger partial charge is 0.411 e. The monoisotopic (exact) mass is 201 g/mol. The predicted molar refractivity (Wildman–Crippen MR) is 50.1 cm³/mol. The van der Waals surface area contributed by atoms with Crippen LogP contribution in [0.25, 0.3) is 0 Å². The fourth-order valence-electron chi connectivity index (χ4n) is 0.790. The standard InChI is InChI=1S/C7H8ClN3O2/c1-11(7(12)13)5-2-4(9)3-10-6(5)8/h2-3H,9H2,1H3,(H,12,13). The first-order chi connectivity index (χ1) is 6.02. The predicted octanol–water partition coefficient (Wildman–Crippen LogP) is 1.43. The van der Waals surface area contributed by atoms with Gasteiger partial charge in [0.2, 0.25) is 0 Å². The first-order valence-electron chi connectivity index (χ1n) is 3.40. The summed E-state index contributed by atoms with van der Waals surface area (Å²) in [6.07, 6.45) is 0.246. The van der Waals surface area contributed by atoms with E-state index in [1.165, 1.54) is 19.3 Å². The minimum atomic E-state index is -1.12. The van der Waals surface area contributed by atoms with Crippen molar-refractivity contribution >= 4 is 29.1 Å². The lowest BCUT2D eigenvalue weighted by Gasteiger charge is -2.13. The SMILES string of the molecule is CN(C(=O)O)c1cc(N)cnc1Cl. The van der Waals surface area contributed by atoms with Gasteiger partial charge in [0.15, 0.2) is 5.15 Å². The zero-order chi connectivity index (χ0) is 10.0. The molecule has 70 valence electrons. The summed E-state index contributed by atoms with van der Waals surface area (Å²) in [7, 11) is 1.37. The van der Waals surface area contributed by atoms with Gasteiger partial charge in [-0.15, -0.1) is 0 Å². The zero-order valence-corrected chi connectivity index (χ0v) is 7.62. The molecule has 6 heteroatoms. The third-order valence-corrected chi connectivity index (χ3v) is 1.78. The van der Waals surface area contributed by atoms with E-state index >= 15 is 0 Å². The third kappa shape index (κ3) is 2.00. The molecule has 0 aliphatic heterocycles. The fraction of sp³-hybridized carbons (Fsp3) is 0.143. The lowest BCUT2D eigenvalue weighted by molar-refractivity contribution is 0.203. The molecule has 1 aromatic rings. The molecule has 1 amide bonds. The van der Waals surface area contributed by atoms with Crippen LogP contribution in [0.4, 0.5) is 16.2 Å². The molecule has 0 spiro atoms. The van der Waals surface area contributed by atoms with Gasteiger partial charge in [-0.25, -0.2) is 9.78 Å². The Balaban J connectivity index is 3.12. The molecular formula is C7H8ClN3O2. The molecule has 0 radical (unpaired) electrons. The van der Waals surface area contributed by atoms with E-state index in [1.807, 2.05) is 0 Å². The first-order valence-corrected chi connectivity index (χ1v) is 3.78. The van der Waals surface area contributed by atoms with Crippen molar-refractivity contribution in [3.63, 3.8) is 0 Å². The number of nitrogens with zero attached hydrogens (tertiary/aromatic N) is 2. The first kappa shape index (κ1) is 9.60. The van der Waals surface area contributed by atoms with Crippen LogP contribution in [-0.4, -0.2) is 23.2 Å². The van der Waals surface area contributed by atoms with Crippen LogP contribution in [0, 0.1) is 0 Å². The van der Waals surface area contributed by atoms with Gasteiger partial charge in [-0.05, 0) is 6.07 Å². The van der Waals surface area contributed by atoms with Crippen LogP contribution in [0.2, 0.25) is 5.15 Å². The number of hydrogen-bond donors (Lipinski definition) is 2. The molecule has 0 saturated heterocycles. The summed E-state index contributed by atoms with van der Waals surface area (Å²) in [5.41, 5.74) is 6.07. The van der Waals surface area contributed by atoms with Crippen molar-refractivity contribution in [2.45, 2.75) is 0 Å². The maximum Gasteiger partial charge on any atom is 0.411 e. The number of halogens is 1. The van der Waals surface area contributed by atoms with Gasteiger partial charge in [0.25, 0.3) is 0 Å². The number of amides is 1. The lowest BCUT2D eigenvalue weighted by Crippen LogP contribution is -2.24. The van der Waals surface area contributed by atoms with Gasteiger partial charge in [0.05, 0.1) is 17.6 Å². The van der Waals surface area contributed by atoms with E-state index in [4.69, 9.17) is 22.4 Å². The summed E-state index contributed by atoms with van der Waals surface area (Å²) >= 11 is 5.66. The summed E-state index contributed by atoms with van der Waals surface area (Å²) in [5.74, 6) is 0. The van der Waals surface area contributed by atoms with Crippen LogP contribution < -0.4 is 10.6 Å². The van der Waals surface area contributed by atoms with Gasteiger partial charge >= 0.3 is 6.09 Å². The van der Waals surface area contributed by atoms with Gasteiger partial charge in [-0.3, -0.25) is 4.90 Å². The quantitative estimate of drug-likeness (QED) is 0.674. The van der Waals surface area contributed by atoms with Crippen molar-refractivity contribution in [3.05, 3.63) is 17.4 Å². The van der Waals surface area contributed by atoms with Crippen molar-refractivity contribution in [1.82, 2.24) is 4.98 Å². The van der Waals surface area contributed by atoms with E-state index in [9.17, 15) is 4.79 Å². The average molecular weight is 202 g/mol. The van der Waals surface area contributed by atoms with Gasteiger partial charge in [-0.2, -0.15) is 0 Å². The molecule has 0 atom stereocenters. The Morgan fingerprint density at radius 3 is 2.92 bits per heavy atom. The second-order valence-electron chi connectivity index (χ2n) is 2.42. The topological polar surface area (TPSA) is 79.5 Å². The minimum absolute atomic E-state index is 0.110. The molecule has 5 nitrogen and oxygen atoms in total. The summed E-state index contributed by atoms with van der Waals surface area (Å²) in [4.78, 5) is 15.2. The second-order valence-corrected chi connectivity index (χ2v) is 2.78. The van der Waals surface area contributed by atoms with Gasteiger partial charge in [-0.1, -0.05) is 11.6 Å². The number of rotatable bonds is 1. The Kier molecular flexibility index (Phi) is 2.57. The van der Waals surface area contributed by atoms with E-state index in [0.717, 1.165) is 4.90 Å². The molecule has 0 fully saturated rings. The second kappa shape index (κ2) is 3.49. The Hall–Kier alpha value is -1.49. The Bertz CT molecular complexity index is 343. The number of aromatic nitrogens is 1. The molecule has 3 N–H and O–H groups in total. The lowest BCUT2D eigenvalue weighted by atomic mass is 10.3. The van der Waals surface area contributed by atoms with Gasteiger partial charge in [0.1, 0.15) is 0 Å². The summed E-state index contributed by atoms with van der Waals surface area (Å²) in [6, 6.07) is 1.45. The maximum atomic E-state index is 10.6. The molecule has 0 saturated carbocycles. The number of carboxylic acid groups (broad SMARTS) is 1. The van der Waals surface area contributed by atoms with Crippen molar-refractivity contribution in [2.24, 2.45) is 0 Å². The fourth-order valence-corrected chi connectivity index (χ4v) is 1.02. The molecule has 0 bridgehead atoms. The molecule has 0 aromatic carbocycles. The Labute approximate surface area is 79.7 Å². The summed E-state index contributed by atoms with van der Waals surface area (Å²) < 4.78 is 0. The molecule has 0 aliphatic carbocycles. The van der Waals surface area contributed by atoms with Gasteiger partial charge < -0.3 is 10.8 Å². The molecule has 1 aromatic heterocycles. The van der Waals surface area contributed by atoms with Crippen LogP contribution >= 0.6 is 11.6 Å². The Morgan fingerprint density at radius 1 is 1.77 bits per heavy atom. The highest BCUT2D eigenvalue weighted by Gasteiger charge is 2.12. The normalized spacial score (nSPS) is 9.69. The molecule has 1 rings (SSSR count). The number of pyridine rings is 1. The van der Waals surface area contributed by atoms with E-state index in [-0.39, 0.29) is 10.8 Å². The van der Waals surface area contributed by atoms with Crippen molar-refractivity contribution in [2.75, 3.05) is 17.7 Å². The maximum absolute atomic E-state index is 10.6. The number of hydrogen-bond acceptors (Lipinski definition) is 3. The van der Waals surface area contributed by atoms with Crippen LogP contribution in [0.1, 0.15) is 0 Å². The van der Waals surface area contributed by atoms with Crippen molar-refractivity contribution in [1.29, 1.82) is 0 Å². The molecule has 13 heavy (non-hydrogen) atoms. The van der Waals surface area contributed by atoms with E-state index in [0.29, 0.717) is 5.69 Å². The minimum Gasteiger partial charge on any atom is -0.465 e. The summed E-state index contributed by atoms with van der Waals surface area (Å²) in [5, 5.41) is 8.76. The molecule has 0 unspecified atom stereocenters. The average Bonchev–Trinajstić information content (AvgIpc) is 2.08. The molecule has 0 aliphatic rings. The van der Waals surface area contributed by atoms with E-state index in [1.54, 1.807) is 0 Å². The van der Waals surface area contributed by atoms with Crippen LogP contribution in [0.15, 0.2) is 12.3 Å². The van der Waals surface area contributed by atoms with Crippen LogP contribution in [0.5, 0.6) is 0 Å². The molecule has 1 heterocycles. The number of nitrogen functional groups attached to an aromatic ring is 1. The van der Waals surface area contributed by atoms with E-state index in [2.05, 4.69) is 4.98 Å². The highest BCUT2D eigenvalue weighted by atomic mass is 35.5. The highest BCUT2D eigenvalue weighted by Crippen LogP contribution is 2.24. The Morgan fingerprint density at radius 2 is 2.38 bits per heavy atom. The largest absolute Gasteiger partial charge is 0.465 e. The molecular weight excluding hydrogens is 194 g/mol. The zero-order valence-electron chi connectivity index (χ0n) is 6.86.